The Kier molecular flexibility index (Phi) is 3.66. The van der Waals surface area contributed by atoms with Crippen LogP contribution in [-0.2, 0) is 4.74 Å². The van der Waals surface area contributed by atoms with Gasteiger partial charge in [-0.05, 0) is 17.7 Å². The van der Waals surface area contributed by atoms with E-state index in [1.165, 1.54) is 6.08 Å². The summed E-state index contributed by atoms with van der Waals surface area (Å²) in [4.78, 5) is 0. The van der Waals surface area contributed by atoms with E-state index in [1.54, 1.807) is 0 Å². The zero-order valence-electron chi connectivity index (χ0n) is 11.4. The molecule has 2 aromatic carbocycles. The number of allylic oxidation sites excluding steroid dienone is 4. The fourth-order valence-electron chi connectivity index (χ4n) is 2.17. The molecule has 21 heavy (non-hydrogen) atoms. The standard InChI is InChI=1S/C19H13NO/c20-12-11-15-13-18(16-7-3-1-4-8-16)21-19(14-15)17-9-5-2-6-10-17/h1-11,13-14H. The van der Waals surface area contributed by atoms with E-state index in [4.69, 9.17) is 10.00 Å². The maximum atomic E-state index is 8.91. The Morgan fingerprint density at radius 3 is 1.67 bits per heavy atom. The molecule has 0 bridgehead atoms. The van der Waals surface area contributed by atoms with Crippen molar-refractivity contribution in [3.63, 3.8) is 0 Å². The third-order valence-electron chi connectivity index (χ3n) is 3.16. The molecule has 0 radical (unpaired) electrons. The lowest BCUT2D eigenvalue weighted by molar-refractivity contribution is 0.467. The molecule has 0 unspecified atom stereocenters. The molecule has 100 valence electrons. The summed E-state index contributed by atoms with van der Waals surface area (Å²) in [7, 11) is 0. The molecule has 0 spiro atoms. The Morgan fingerprint density at radius 2 is 1.24 bits per heavy atom. The fourth-order valence-corrected chi connectivity index (χ4v) is 2.17. The Labute approximate surface area is 123 Å². The molecule has 0 atom stereocenters. The number of benzene rings is 2. The molecule has 0 saturated heterocycles. The van der Waals surface area contributed by atoms with Crippen LogP contribution in [0.4, 0.5) is 0 Å². The number of ether oxygens (including phenoxy) is 1. The summed E-state index contributed by atoms with van der Waals surface area (Å²) in [5.74, 6) is 1.50. The first-order chi connectivity index (χ1) is 10.4. The maximum Gasteiger partial charge on any atom is 0.135 e. The van der Waals surface area contributed by atoms with E-state index in [2.05, 4.69) is 6.07 Å². The van der Waals surface area contributed by atoms with Crippen molar-refractivity contribution >= 4 is 11.5 Å². The second-order valence-electron chi connectivity index (χ2n) is 4.62. The van der Waals surface area contributed by atoms with Gasteiger partial charge in [-0.3, -0.25) is 0 Å². The Bertz CT molecular complexity index is 705. The van der Waals surface area contributed by atoms with E-state index >= 15 is 0 Å². The molecular formula is C19H13NO. The normalized spacial score (nSPS) is 13.6. The van der Waals surface area contributed by atoms with Crippen LogP contribution in [0.25, 0.3) is 11.5 Å². The molecule has 0 saturated carbocycles. The zero-order chi connectivity index (χ0) is 14.5. The van der Waals surface area contributed by atoms with Crippen LogP contribution in [0, 0.1) is 11.3 Å². The molecule has 2 heteroatoms. The summed E-state index contributed by atoms with van der Waals surface area (Å²) in [6.07, 6.45) is 5.28. The Morgan fingerprint density at radius 1 is 0.762 bits per heavy atom. The van der Waals surface area contributed by atoms with Gasteiger partial charge >= 0.3 is 0 Å². The second kappa shape index (κ2) is 5.94. The zero-order valence-corrected chi connectivity index (χ0v) is 11.4. The van der Waals surface area contributed by atoms with E-state index in [0.29, 0.717) is 0 Å². The van der Waals surface area contributed by atoms with E-state index in [1.807, 2.05) is 72.8 Å². The largest absolute Gasteiger partial charge is 0.456 e. The summed E-state index contributed by atoms with van der Waals surface area (Å²) in [6.45, 7) is 0. The Hall–Kier alpha value is -3.05. The average molecular weight is 271 g/mol. The van der Waals surface area contributed by atoms with E-state index in [-0.39, 0.29) is 0 Å². The van der Waals surface area contributed by atoms with Gasteiger partial charge in [0.05, 0.1) is 6.07 Å². The van der Waals surface area contributed by atoms with Crippen LogP contribution in [0.2, 0.25) is 0 Å². The molecule has 0 amide bonds. The van der Waals surface area contributed by atoms with Gasteiger partial charge in [0.15, 0.2) is 0 Å². The van der Waals surface area contributed by atoms with Gasteiger partial charge in [0.2, 0.25) is 0 Å². The van der Waals surface area contributed by atoms with Gasteiger partial charge in [-0.25, -0.2) is 0 Å². The first-order valence-electron chi connectivity index (χ1n) is 6.69. The summed E-state index contributed by atoms with van der Waals surface area (Å²) < 4.78 is 6.01. The molecule has 0 aliphatic carbocycles. The topological polar surface area (TPSA) is 33.0 Å². The Balaban J connectivity index is 2.02. The van der Waals surface area contributed by atoms with Crippen LogP contribution < -0.4 is 0 Å². The van der Waals surface area contributed by atoms with Crippen LogP contribution in [0.3, 0.4) is 0 Å². The van der Waals surface area contributed by atoms with Gasteiger partial charge in [0, 0.05) is 17.2 Å². The monoisotopic (exact) mass is 271 g/mol. The minimum Gasteiger partial charge on any atom is -0.456 e. The highest BCUT2D eigenvalue weighted by Gasteiger charge is 2.14. The predicted molar refractivity (Wildman–Crippen MR) is 83.6 cm³/mol. The van der Waals surface area contributed by atoms with E-state index < -0.39 is 0 Å². The molecule has 1 aliphatic rings. The van der Waals surface area contributed by atoms with Gasteiger partial charge in [-0.15, -0.1) is 0 Å². The average Bonchev–Trinajstić information content (AvgIpc) is 2.56. The smallest absolute Gasteiger partial charge is 0.135 e. The van der Waals surface area contributed by atoms with Gasteiger partial charge in [0.1, 0.15) is 11.5 Å². The summed E-state index contributed by atoms with van der Waals surface area (Å²) >= 11 is 0. The van der Waals surface area contributed by atoms with Gasteiger partial charge < -0.3 is 4.74 Å². The lowest BCUT2D eigenvalue weighted by Crippen LogP contribution is -1.99. The molecule has 0 N–H and O–H groups in total. The molecule has 0 fully saturated rings. The van der Waals surface area contributed by atoms with Crippen molar-refractivity contribution < 1.29 is 4.74 Å². The summed E-state index contributed by atoms with van der Waals surface area (Å²) in [5, 5.41) is 8.91. The highest BCUT2D eigenvalue weighted by Crippen LogP contribution is 2.31. The molecule has 3 rings (SSSR count). The van der Waals surface area contributed by atoms with Crippen molar-refractivity contribution in [2.24, 2.45) is 0 Å². The lowest BCUT2D eigenvalue weighted by Gasteiger charge is -2.18. The van der Waals surface area contributed by atoms with Crippen molar-refractivity contribution in [3.8, 4) is 6.07 Å². The van der Waals surface area contributed by atoms with Gasteiger partial charge in [-0.1, -0.05) is 60.7 Å². The first-order valence-corrected chi connectivity index (χ1v) is 6.69. The summed E-state index contributed by atoms with van der Waals surface area (Å²) in [6, 6.07) is 21.8. The number of rotatable bonds is 2. The number of nitriles is 1. The highest BCUT2D eigenvalue weighted by molar-refractivity contribution is 5.77. The van der Waals surface area contributed by atoms with Crippen LogP contribution in [0.1, 0.15) is 11.1 Å². The molecule has 2 aromatic rings. The van der Waals surface area contributed by atoms with Crippen LogP contribution in [0.5, 0.6) is 0 Å². The molecule has 0 aromatic heterocycles. The fraction of sp³-hybridized carbons (Fsp3) is 0. The molecule has 1 heterocycles. The lowest BCUT2D eigenvalue weighted by atomic mass is 10.0. The third kappa shape index (κ3) is 2.93. The van der Waals surface area contributed by atoms with E-state index in [0.717, 1.165) is 28.2 Å². The quantitative estimate of drug-likeness (QED) is 0.751. The van der Waals surface area contributed by atoms with Crippen molar-refractivity contribution in [1.29, 1.82) is 5.26 Å². The van der Waals surface area contributed by atoms with Crippen LogP contribution in [-0.4, -0.2) is 0 Å². The number of hydrogen-bond donors (Lipinski definition) is 0. The molecule has 2 nitrogen and oxygen atoms in total. The highest BCUT2D eigenvalue weighted by atomic mass is 16.5. The van der Waals surface area contributed by atoms with Crippen molar-refractivity contribution in [2.45, 2.75) is 0 Å². The van der Waals surface area contributed by atoms with Crippen molar-refractivity contribution in [3.05, 3.63) is 95.6 Å². The minimum atomic E-state index is 0.749. The molecule has 1 aliphatic heterocycles. The second-order valence-corrected chi connectivity index (χ2v) is 4.62. The first kappa shape index (κ1) is 13.0. The van der Waals surface area contributed by atoms with Gasteiger partial charge in [0.25, 0.3) is 0 Å². The van der Waals surface area contributed by atoms with Crippen LogP contribution in [0.15, 0.2) is 84.5 Å². The van der Waals surface area contributed by atoms with Crippen molar-refractivity contribution in [1.82, 2.24) is 0 Å². The van der Waals surface area contributed by atoms with Gasteiger partial charge in [-0.2, -0.15) is 5.26 Å². The SMILES string of the molecule is N#CC=C1C=C(c2ccccc2)OC(c2ccccc2)=C1. The molecular weight excluding hydrogens is 258 g/mol. The number of hydrogen-bond acceptors (Lipinski definition) is 2. The van der Waals surface area contributed by atoms with Crippen LogP contribution >= 0.6 is 0 Å². The maximum absolute atomic E-state index is 8.91. The summed E-state index contributed by atoms with van der Waals surface area (Å²) in [5.41, 5.74) is 2.81. The number of nitrogens with zero attached hydrogens (tertiary/aromatic N) is 1. The van der Waals surface area contributed by atoms with E-state index in [9.17, 15) is 0 Å². The predicted octanol–water partition coefficient (Wildman–Crippen LogP) is 4.55. The minimum absolute atomic E-state index is 0.749. The third-order valence-corrected chi connectivity index (χ3v) is 3.16. The van der Waals surface area contributed by atoms with Crippen molar-refractivity contribution in [2.75, 3.05) is 0 Å².